The summed E-state index contributed by atoms with van der Waals surface area (Å²) < 4.78 is 4.95. The van der Waals surface area contributed by atoms with Gasteiger partial charge in [0.05, 0.1) is 7.11 Å². The summed E-state index contributed by atoms with van der Waals surface area (Å²) in [7, 11) is 1.54. The molecule has 1 aromatic carbocycles. The van der Waals surface area contributed by atoms with Crippen LogP contribution in [0.2, 0.25) is 0 Å². The molecule has 0 aliphatic carbocycles. The molecular weight excluding hydrogens is 210 g/mol. The Hall–Kier alpha value is -2.30. The number of rotatable bonds is 4. The summed E-state index contributed by atoms with van der Waals surface area (Å²) in [5, 5.41) is 10.8. The van der Waals surface area contributed by atoms with E-state index in [0.717, 1.165) is 12.2 Å². The average molecular weight is 221 g/mol. The fraction of sp³-hybridized carbons (Fsp3) is 0.0909. The fourth-order valence-corrected chi connectivity index (χ4v) is 1.01. The van der Waals surface area contributed by atoms with Gasteiger partial charge in [-0.2, -0.15) is 0 Å². The van der Waals surface area contributed by atoms with Gasteiger partial charge in [0.2, 0.25) is 5.91 Å². The lowest BCUT2D eigenvalue weighted by molar-refractivity contribution is -0.131. The van der Waals surface area contributed by atoms with Gasteiger partial charge in [0.15, 0.2) is 0 Å². The van der Waals surface area contributed by atoms with E-state index in [9.17, 15) is 9.59 Å². The van der Waals surface area contributed by atoms with Gasteiger partial charge in [-0.3, -0.25) is 4.79 Å². The lowest BCUT2D eigenvalue weighted by Crippen LogP contribution is -2.08. The predicted molar refractivity (Wildman–Crippen MR) is 58.4 cm³/mol. The summed E-state index contributed by atoms with van der Waals surface area (Å²) in [6, 6.07) is 6.70. The molecule has 1 aromatic rings. The average Bonchev–Trinajstić information content (AvgIpc) is 2.27. The van der Waals surface area contributed by atoms with Crippen molar-refractivity contribution in [1.29, 1.82) is 0 Å². The molecule has 0 spiro atoms. The van der Waals surface area contributed by atoms with Gasteiger partial charge < -0.3 is 15.2 Å². The van der Waals surface area contributed by atoms with Crippen molar-refractivity contribution >= 4 is 17.6 Å². The first-order valence-corrected chi connectivity index (χ1v) is 4.48. The van der Waals surface area contributed by atoms with E-state index in [0.29, 0.717) is 11.4 Å². The third-order valence-corrected chi connectivity index (χ3v) is 1.73. The number of anilines is 1. The van der Waals surface area contributed by atoms with E-state index in [1.165, 1.54) is 0 Å². The highest BCUT2D eigenvalue weighted by Gasteiger charge is 1.98. The Bertz CT molecular complexity index is 408. The van der Waals surface area contributed by atoms with Gasteiger partial charge in [0.1, 0.15) is 5.75 Å². The molecule has 0 radical (unpaired) electrons. The number of nitrogens with one attached hydrogen (secondary N) is 1. The number of hydrogen-bond acceptors (Lipinski definition) is 3. The molecule has 5 heteroatoms. The highest BCUT2D eigenvalue weighted by molar-refractivity contribution is 6.02. The zero-order valence-electron chi connectivity index (χ0n) is 8.64. The summed E-state index contributed by atoms with van der Waals surface area (Å²) >= 11 is 0. The maximum Gasteiger partial charge on any atom is 0.328 e. The molecule has 0 saturated carbocycles. The second-order valence-electron chi connectivity index (χ2n) is 2.89. The molecule has 0 atom stereocenters. The minimum absolute atomic E-state index is 0.493. The van der Waals surface area contributed by atoms with Crippen LogP contribution < -0.4 is 10.1 Å². The number of carboxylic acid groups (broad SMARTS) is 1. The van der Waals surface area contributed by atoms with E-state index in [-0.39, 0.29) is 0 Å². The van der Waals surface area contributed by atoms with Gasteiger partial charge in [-0.25, -0.2) is 4.79 Å². The van der Waals surface area contributed by atoms with Gasteiger partial charge in [0, 0.05) is 17.8 Å². The van der Waals surface area contributed by atoms with Crippen LogP contribution in [0.15, 0.2) is 36.4 Å². The zero-order chi connectivity index (χ0) is 12.0. The van der Waals surface area contributed by atoms with Crippen LogP contribution in [-0.4, -0.2) is 24.1 Å². The summed E-state index contributed by atoms with van der Waals surface area (Å²) in [6.45, 7) is 0. The van der Waals surface area contributed by atoms with Gasteiger partial charge >= 0.3 is 5.97 Å². The number of carboxylic acids is 1. The molecule has 16 heavy (non-hydrogen) atoms. The maximum absolute atomic E-state index is 11.2. The van der Waals surface area contributed by atoms with Crippen LogP contribution in [0.1, 0.15) is 0 Å². The van der Waals surface area contributed by atoms with E-state index in [1.807, 2.05) is 0 Å². The van der Waals surface area contributed by atoms with Crippen molar-refractivity contribution in [2.45, 2.75) is 0 Å². The Morgan fingerprint density at radius 1 is 1.25 bits per heavy atom. The highest BCUT2D eigenvalue weighted by atomic mass is 16.5. The van der Waals surface area contributed by atoms with Crippen LogP contribution >= 0.6 is 0 Å². The van der Waals surface area contributed by atoms with Crippen LogP contribution in [0.25, 0.3) is 0 Å². The normalized spacial score (nSPS) is 10.1. The molecule has 0 saturated heterocycles. The number of methoxy groups -OCH3 is 1. The molecule has 1 rings (SSSR count). The third kappa shape index (κ3) is 3.83. The van der Waals surface area contributed by atoms with Crippen LogP contribution in [0.5, 0.6) is 5.75 Å². The quantitative estimate of drug-likeness (QED) is 0.751. The zero-order valence-corrected chi connectivity index (χ0v) is 8.64. The van der Waals surface area contributed by atoms with E-state index in [2.05, 4.69) is 5.32 Å². The van der Waals surface area contributed by atoms with Crippen LogP contribution in [-0.2, 0) is 9.59 Å². The van der Waals surface area contributed by atoms with Crippen LogP contribution in [0.3, 0.4) is 0 Å². The molecular formula is C11H11NO4. The summed E-state index contributed by atoms with van der Waals surface area (Å²) in [4.78, 5) is 21.3. The molecule has 0 fully saturated rings. The number of hydrogen-bond donors (Lipinski definition) is 2. The minimum atomic E-state index is -1.16. The summed E-state index contributed by atoms with van der Waals surface area (Å²) in [6.07, 6.45) is 1.73. The molecule has 84 valence electrons. The number of amides is 1. The maximum atomic E-state index is 11.2. The first kappa shape index (κ1) is 11.8. The van der Waals surface area contributed by atoms with Crippen molar-refractivity contribution in [1.82, 2.24) is 0 Å². The van der Waals surface area contributed by atoms with Crippen LogP contribution in [0, 0.1) is 0 Å². The first-order valence-electron chi connectivity index (χ1n) is 4.48. The highest BCUT2D eigenvalue weighted by Crippen LogP contribution is 2.14. The Labute approximate surface area is 92.3 Å². The van der Waals surface area contributed by atoms with Crippen molar-refractivity contribution in [2.75, 3.05) is 12.4 Å². The number of ether oxygens (including phenoxy) is 1. The van der Waals surface area contributed by atoms with Crippen LogP contribution in [0.4, 0.5) is 5.69 Å². The monoisotopic (exact) mass is 221 g/mol. The lowest BCUT2D eigenvalue weighted by Gasteiger charge is -2.03. The van der Waals surface area contributed by atoms with Crippen molar-refractivity contribution in [2.24, 2.45) is 0 Å². The van der Waals surface area contributed by atoms with Crippen molar-refractivity contribution < 1.29 is 19.4 Å². The molecule has 1 amide bonds. The predicted octanol–water partition coefficient (Wildman–Crippen LogP) is 1.27. The van der Waals surface area contributed by atoms with Crippen molar-refractivity contribution in [3.63, 3.8) is 0 Å². The van der Waals surface area contributed by atoms with E-state index < -0.39 is 11.9 Å². The Morgan fingerprint density at radius 3 is 2.38 bits per heavy atom. The number of carbonyl (C=O) groups is 2. The van der Waals surface area contributed by atoms with Crippen molar-refractivity contribution in [3.05, 3.63) is 36.4 Å². The van der Waals surface area contributed by atoms with Gasteiger partial charge in [-0.15, -0.1) is 0 Å². The van der Waals surface area contributed by atoms with E-state index >= 15 is 0 Å². The third-order valence-electron chi connectivity index (χ3n) is 1.73. The molecule has 0 aromatic heterocycles. The molecule has 0 aliphatic heterocycles. The smallest absolute Gasteiger partial charge is 0.328 e. The lowest BCUT2D eigenvalue weighted by atomic mass is 10.3. The molecule has 0 bridgehead atoms. The topological polar surface area (TPSA) is 75.6 Å². The van der Waals surface area contributed by atoms with Gasteiger partial charge in [-0.1, -0.05) is 0 Å². The SMILES string of the molecule is COc1ccc(NC(=O)/C=C/C(=O)O)cc1. The fourth-order valence-electron chi connectivity index (χ4n) is 1.01. The standard InChI is InChI=1S/C11H11NO4/c1-16-9-4-2-8(3-5-9)12-10(13)6-7-11(14)15/h2-7H,1H3,(H,12,13)(H,14,15)/b7-6+. The second-order valence-corrected chi connectivity index (χ2v) is 2.89. The number of benzene rings is 1. The molecule has 5 nitrogen and oxygen atoms in total. The molecule has 0 heterocycles. The summed E-state index contributed by atoms with van der Waals surface area (Å²) in [5.41, 5.74) is 0.570. The van der Waals surface area contributed by atoms with Gasteiger partial charge in [0.25, 0.3) is 0 Å². The Balaban J connectivity index is 2.59. The number of carbonyl (C=O) groups excluding carboxylic acids is 1. The Kier molecular flexibility index (Phi) is 4.08. The second kappa shape index (κ2) is 5.55. The van der Waals surface area contributed by atoms with E-state index in [4.69, 9.17) is 9.84 Å². The minimum Gasteiger partial charge on any atom is -0.497 e. The van der Waals surface area contributed by atoms with E-state index in [1.54, 1.807) is 31.4 Å². The summed E-state index contributed by atoms with van der Waals surface area (Å²) in [5.74, 6) is -0.975. The van der Waals surface area contributed by atoms with Crippen molar-refractivity contribution in [3.8, 4) is 5.75 Å². The Morgan fingerprint density at radius 2 is 1.88 bits per heavy atom. The number of aliphatic carboxylic acids is 1. The molecule has 0 aliphatic rings. The van der Waals surface area contributed by atoms with Gasteiger partial charge in [-0.05, 0) is 24.3 Å². The first-order chi connectivity index (χ1) is 7.61. The molecule has 2 N–H and O–H groups in total. The molecule has 0 unspecified atom stereocenters. The largest absolute Gasteiger partial charge is 0.497 e.